The number of hydrogen-bond acceptors (Lipinski definition) is 5. The summed E-state index contributed by atoms with van der Waals surface area (Å²) in [6.45, 7) is 0. The Morgan fingerprint density at radius 3 is 2.78 bits per heavy atom. The minimum Gasteiger partial charge on any atom is -0.384 e. The maximum Gasteiger partial charge on any atom is 0.191 e. The Balaban J connectivity index is 2.09. The van der Waals surface area contributed by atoms with Gasteiger partial charge in [-0.15, -0.1) is 16.4 Å². The largest absolute Gasteiger partial charge is 0.384 e. The predicted molar refractivity (Wildman–Crippen MR) is 72.0 cm³/mol. The van der Waals surface area contributed by atoms with E-state index in [1.807, 2.05) is 36.7 Å². The van der Waals surface area contributed by atoms with E-state index < -0.39 is 0 Å². The molecule has 0 amide bonds. The van der Waals surface area contributed by atoms with Gasteiger partial charge in [0.15, 0.2) is 11.6 Å². The molecule has 18 heavy (non-hydrogen) atoms. The number of thiophene rings is 1. The van der Waals surface area contributed by atoms with Gasteiger partial charge in [0.05, 0.1) is 4.88 Å². The van der Waals surface area contributed by atoms with Gasteiger partial charge in [-0.2, -0.15) is 0 Å². The van der Waals surface area contributed by atoms with Gasteiger partial charge in [0.2, 0.25) is 0 Å². The van der Waals surface area contributed by atoms with Crippen molar-refractivity contribution in [1.29, 1.82) is 0 Å². The van der Waals surface area contributed by atoms with Gasteiger partial charge in [0, 0.05) is 7.05 Å². The second-order valence-electron chi connectivity index (χ2n) is 3.81. The minimum atomic E-state index is 0.480. The van der Waals surface area contributed by atoms with Crippen LogP contribution in [0.3, 0.4) is 0 Å². The highest BCUT2D eigenvalue weighted by atomic mass is 32.1. The Labute approximate surface area is 108 Å². The molecule has 5 nitrogen and oxygen atoms in total. The van der Waals surface area contributed by atoms with Crippen LogP contribution in [0.1, 0.15) is 0 Å². The summed E-state index contributed by atoms with van der Waals surface area (Å²) < 4.78 is 1.72. The molecule has 0 spiro atoms. The highest BCUT2D eigenvalue weighted by Crippen LogP contribution is 2.24. The molecule has 90 valence electrons. The summed E-state index contributed by atoms with van der Waals surface area (Å²) in [7, 11) is 1.85. The molecule has 3 heterocycles. The molecule has 0 aromatic carbocycles. The summed E-state index contributed by atoms with van der Waals surface area (Å²) in [4.78, 5) is 9.81. The second kappa shape index (κ2) is 4.23. The van der Waals surface area contributed by atoms with Crippen molar-refractivity contribution >= 4 is 17.2 Å². The lowest BCUT2D eigenvalue weighted by Crippen LogP contribution is -1.98. The summed E-state index contributed by atoms with van der Waals surface area (Å²) in [5, 5.41) is 6.40. The third-order valence-corrected chi connectivity index (χ3v) is 3.37. The van der Waals surface area contributed by atoms with Crippen LogP contribution in [-0.4, -0.2) is 19.7 Å². The van der Waals surface area contributed by atoms with E-state index in [1.54, 1.807) is 22.1 Å². The fourth-order valence-corrected chi connectivity index (χ4v) is 2.35. The molecule has 6 heteroatoms. The van der Waals surface area contributed by atoms with Gasteiger partial charge in [0.1, 0.15) is 11.5 Å². The fraction of sp³-hybridized carbons (Fsp3) is 0.0833. The Morgan fingerprint density at radius 1 is 1.17 bits per heavy atom. The third kappa shape index (κ3) is 1.86. The molecule has 0 unspecified atom stereocenters. The van der Waals surface area contributed by atoms with Crippen LogP contribution in [0.15, 0.2) is 35.7 Å². The standard InChI is InChI=1S/C12H11N5S/c1-17-12(8-4-2-6-10(13)14-8)15-11(16-17)9-5-3-7-18-9/h2-7H,1H3,(H2,13,14). The van der Waals surface area contributed by atoms with Crippen molar-refractivity contribution in [1.82, 2.24) is 19.7 Å². The Morgan fingerprint density at radius 2 is 2.06 bits per heavy atom. The SMILES string of the molecule is Cn1nc(-c2cccs2)nc1-c1cccc(N)n1. The lowest BCUT2D eigenvalue weighted by Gasteiger charge is -1.99. The van der Waals surface area contributed by atoms with Crippen LogP contribution < -0.4 is 5.73 Å². The van der Waals surface area contributed by atoms with E-state index in [2.05, 4.69) is 15.1 Å². The number of nitrogen functional groups attached to an aromatic ring is 1. The topological polar surface area (TPSA) is 69.6 Å². The summed E-state index contributed by atoms with van der Waals surface area (Å²) in [5.74, 6) is 1.91. The molecular formula is C12H11N5S. The van der Waals surface area contributed by atoms with Crippen LogP contribution >= 0.6 is 11.3 Å². The van der Waals surface area contributed by atoms with Crippen molar-refractivity contribution < 1.29 is 0 Å². The maximum atomic E-state index is 5.68. The van der Waals surface area contributed by atoms with E-state index in [-0.39, 0.29) is 0 Å². The van der Waals surface area contributed by atoms with Crippen molar-refractivity contribution in [3.63, 3.8) is 0 Å². The molecule has 3 rings (SSSR count). The quantitative estimate of drug-likeness (QED) is 0.764. The number of nitrogens with two attached hydrogens (primary N) is 1. The van der Waals surface area contributed by atoms with Crippen molar-refractivity contribution in [2.45, 2.75) is 0 Å². The number of aromatic nitrogens is 4. The van der Waals surface area contributed by atoms with Crippen molar-refractivity contribution in [3.8, 4) is 22.2 Å². The molecule has 0 atom stereocenters. The fourth-order valence-electron chi connectivity index (χ4n) is 1.69. The number of hydrogen-bond donors (Lipinski definition) is 1. The van der Waals surface area contributed by atoms with Crippen LogP contribution in [0, 0.1) is 0 Å². The van der Waals surface area contributed by atoms with Gasteiger partial charge in [-0.1, -0.05) is 12.1 Å². The molecule has 0 aliphatic heterocycles. The number of nitrogens with zero attached hydrogens (tertiary/aromatic N) is 4. The average molecular weight is 257 g/mol. The maximum absolute atomic E-state index is 5.68. The first-order chi connectivity index (χ1) is 8.74. The average Bonchev–Trinajstić information content (AvgIpc) is 2.97. The minimum absolute atomic E-state index is 0.480. The Hall–Kier alpha value is -2.21. The number of rotatable bonds is 2. The Bertz CT molecular complexity index is 672. The van der Waals surface area contributed by atoms with Gasteiger partial charge in [0.25, 0.3) is 0 Å². The zero-order valence-corrected chi connectivity index (χ0v) is 10.6. The van der Waals surface area contributed by atoms with Crippen LogP contribution in [-0.2, 0) is 7.05 Å². The second-order valence-corrected chi connectivity index (χ2v) is 4.76. The van der Waals surface area contributed by atoms with Crippen molar-refractivity contribution in [2.24, 2.45) is 7.05 Å². The molecule has 0 radical (unpaired) electrons. The first-order valence-corrected chi connectivity index (χ1v) is 6.30. The van der Waals surface area contributed by atoms with E-state index >= 15 is 0 Å². The lowest BCUT2D eigenvalue weighted by atomic mass is 10.3. The molecule has 0 aliphatic carbocycles. The molecule has 0 saturated heterocycles. The summed E-state index contributed by atoms with van der Waals surface area (Å²) >= 11 is 1.61. The number of pyridine rings is 1. The molecular weight excluding hydrogens is 246 g/mol. The van der Waals surface area contributed by atoms with Crippen molar-refractivity contribution in [2.75, 3.05) is 5.73 Å². The highest BCUT2D eigenvalue weighted by Gasteiger charge is 2.12. The molecule has 3 aromatic heterocycles. The van der Waals surface area contributed by atoms with Crippen LogP contribution in [0.4, 0.5) is 5.82 Å². The lowest BCUT2D eigenvalue weighted by molar-refractivity contribution is 0.775. The van der Waals surface area contributed by atoms with E-state index in [4.69, 9.17) is 5.73 Å². The molecule has 0 bridgehead atoms. The van der Waals surface area contributed by atoms with E-state index in [0.29, 0.717) is 17.5 Å². The van der Waals surface area contributed by atoms with Crippen molar-refractivity contribution in [3.05, 3.63) is 35.7 Å². The first kappa shape index (κ1) is 10.9. The van der Waals surface area contributed by atoms with Crippen LogP contribution in [0.5, 0.6) is 0 Å². The van der Waals surface area contributed by atoms with Gasteiger partial charge in [-0.3, -0.25) is 0 Å². The molecule has 0 saturated carbocycles. The highest BCUT2D eigenvalue weighted by molar-refractivity contribution is 7.13. The van der Waals surface area contributed by atoms with E-state index in [1.165, 1.54) is 0 Å². The predicted octanol–water partition coefficient (Wildman–Crippen LogP) is 2.19. The summed E-state index contributed by atoms with van der Waals surface area (Å²) in [6.07, 6.45) is 0. The molecule has 0 aliphatic rings. The van der Waals surface area contributed by atoms with Gasteiger partial charge in [-0.05, 0) is 23.6 Å². The zero-order chi connectivity index (χ0) is 12.5. The molecule has 3 aromatic rings. The van der Waals surface area contributed by atoms with Gasteiger partial charge in [-0.25, -0.2) is 14.6 Å². The summed E-state index contributed by atoms with van der Waals surface area (Å²) in [5.41, 5.74) is 6.41. The van der Waals surface area contributed by atoms with E-state index in [9.17, 15) is 0 Å². The van der Waals surface area contributed by atoms with Gasteiger partial charge < -0.3 is 5.73 Å². The monoisotopic (exact) mass is 257 g/mol. The number of anilines is 1. The van der Waals surface area contributed by atoms with Gasteiger partial charge >= 0.3 is 0 Å². The smallest absolute Gasteiger partial charge is 0.191 e. The third-order valence-electron chi connectivity index (χ3n) is 2.50. The van der Waals surface area contributed by atoms with E-state index in [0.717, 1.165) is 10.6 Å². The summed E-state index contributed by atoms with van der Waals surface area (Å²) in [6, 6.07) is 9.46. The van der Waals surface area contributed by atoms with Crippen LogP contribution in [0.25, 0.3) is 22.2 Å². The molecule has 0 fully saturated rings. The molecule has 2 N–H and O–H groups in total. The normalized spacial score (nSPS) is 10.7. The van der Waals surface area contributed by atoms with Crippen LogP contribution in [0.2, 0.25) is 0 Å². The number of aryl methyl sites for hydroxylation is 1. The zero-order valence-electron chi connectivity index (χ0n) is 9.74. The Kier molecular flexibility index (Phi) is 2.56. The first-order valence-electron chi connectivity index (χ1n) is 5.42.